The van der Waals surface area contributed by atoms with Crippen molar-refractivity contribution in [1.29, 1.82) is 0 Å². The lowest BCUT2D eigenvalue weighted by Crippen LogP contribution is -2.34. The van der Waals surface area contributed by atoms with Crippen molar-refractivity contribution in [3.05, 3.63) is 59.2 Å². The van der Waals surface area contributed by atoms with Gasteiger partial charge in [-0.2, -0.15) is 0 Å². The molecular formula is C18H23N3O. The number of nitrogen functional groups attached to an aromatic ring is 1. The fourth-order valence-corrected chi connectivity index (χ4v) is 2.88. The number of benzene rings is 2. The molecule has 4 heteroatoms. The molecule has 0 bridgehead atoms. The maximum Gasteiger partial charge on any atom is 0.122 e. The van der Waals surface area contributed by atoms with E-state index < -0.39 is 0 Å². The van der Waals surface area contributed by atoms with Crippen molar-refractivity contribution in [2.24, 2.45) is 0 Å². The summed E-state index contributed by atoms with van der Waals surface area (Å²) < 4.78 is 5.96. The molecule has 0 radical (unpaired) electrons. The average Bonchev–Trinajstić information content (AvgIpc) is 2.95. The van der Waals surface area contributed by atoms with Crippen LogP contribution in [0.3, 0.4) is 0 Å². The highest BCUT2D eigenvalue weighted by atomic mass is 16.5. The zero-order chi connectivity index (χ0) is 15.5. The lowest BCUT2D eigenvalue weighted by Gasteiger charge is -2.14. The minimum absolute atomic E-state index is 0.274. The summed E-state index contributed by atoms with van der Waals surface area (Å²) in [5.41, 5.74) is 16.9. The Bertz CT molecular complexity index is 657. The van der Waals surface area contributed by atoms with Gasteiger partial charge in [-0.25, -0.2) is 5.43 Å². The third-order valence-electron chi connectivity index (χ3n) is 4.07. The van der Waals surface area contributed by atoms with E-state index in [1.165, 1.54) is 16.7 Å². The van der Waals surface area contributed by atoms with Crippen LogP contribution in [0.1, 0.15) is 29.2 Å². The van der Waals surface area contributed by atoms with E-state index in [0.29, 0.717) is 6.61 Å². The van der Waals surface area contributed by atoms with Crippen molar-refractivity contribution >= 4 is 5.69 Å². The highest BCUT2D eigenvalue weighted by molar-refractivity contribution is 5.42. The zero-order valence-corrected chi connectivity index (χ0v) is 13.1. The third kappa shape index (κ3) is 3.40. The Morgan fingerprint density at radius 3 is 2.77 bits per heavy atom. The summed E-state index contributed by atoms with van der Waals surface area (Å²) in [5, 5.41) is 0. The fraction of sp³-hybridized carbons (Fsp3) is 0.333. The Balaban J connectivity index is 1.57. The molecule has 1 saturated heterocycles. The first-order valence-corrected chi connectivity index (χ1v) is 7.68. The van der Waals surface area contributed by atoms with Crippen molar-refractivity contribution in [3.63, 3.8) is 0 Å². The lowest BCUT2D eigenvalue weighted by molar-refractivity contribution is 0.271. The molecule has 2 aromatic rings. The highest BCUT2D eigenvalue weighted by Crippen LogP contribution is 2.25. The van der Waals surface area contributed by atoms with Crippen LogP contribution in [0.2, 0.25) is 0 Å². The number of hydrazine groups is 1. The van der Waals surface area contributed by atoms with Gasteiger partial charge >= 0.3 is 0 Å². The Morgan fingerprint density at radius 1 is 1.14 bits per heavy atom. The smallest absolute Gasteiger partial charge is 0.122 e. The van der Waals surface area contributed by atoms with Crippen LogP contribution in [-0.2, 0) is 0 Å². The lowest BCUT2D eigenvalue weighted by atomic mass is 10.0. The van der Waals surface area contributed by atoms with Crippen molar-refractivity contribution in [3.8, 4) is 5.75 Å². The number of hydrogen-bond donors (Lipinski definition) is 3. The molecule has 0 aliphatic carbocycles. The summed E-state index contributed by atoms with van der Waals surface area (Å²) >= 11 is 0. The van der Waals surface area contributed by atoms with Gasteiger partial charge < -0.3 is 10.5 Å². The van der Waals surface area contributed by atoms with Crippen LogP contribution in [0, 0.1) is 13.8 Å². The van der Waals surface area contributed by atoms with Gasteiger partial charge in [-0.3, -0.25) is 5.43 Å². The number of aryl methyl sites for hydroxylation is 2. The van der Waals surface area contributed by atoms with Gasteiger partial charge in [0.25, 0.3) is 0 Å². The maximum atomic E-state index is 5.96. The van der Waals surface area contributed by atoms with Gasteiger partial charge in [-0.05, 0) is 49.6 Å². The average molecular weight is 297 g/mol. The molecular weight excluding hydrogens is 274 g/mol. The summed E-state index contributed by atoms with van der Waals surface area (Å²) in [5.74, 6) is 0.958. The second kappa shape index (κ2) is 6.38. The van der Waals surface area contributed by atoms with E-state index in [2.05, 4.69) is 42.9 Å². The molecule has 0 amide bonds. The van der Waals surface area contributed by atoms with Gasteiger partial charge in [-0.1, -0.05) is 29.8 Å². The number of rotatable bonds is 4. The number of nitrogens with two attached hydrogens (primary N) is 1. The van der Waals surface area contributed by atoms with Gasteiger partial charge in [-0.15, -0.1) is 0 Å². The summed E-state index contributed by atoms with van der Waals surface area (Å²) in [7, 11) is 0. The number of nitrogens with one attached hydrogen (secondary N) is 2. The molecule has 1 fully saturated rings. The molecule has 22 heavy (non-hydrogen) atoms. The van der Waals surface area contributed by atoms with Crippen molar-refractivity contribution in [1.82, 2.24) is 10.9 Å². The maximum absolute atomic E-state index is 5.96. The number of anilines is 1. The van der Waals surface area contributed by atoms with Crippen LogP contribution in [-0.4, -0.2) is 12.6 Å². The standard InChI is InChI=1S/C18H23N3O/c1-12-6-7-18(13(2)8-12)22-11-16-10-17(21-20-16)14-4-3-5-15(19)9-14/h3-9,16-17,20-21H,10-11,19H2,1-2H3. The minimum Gasteiger partial charge on any atom is -0.492 e. The highest BCUT2D eigenvalue weighted by Gasteiger charge is 2.25. The first kappa shape index (κ1) is 14.9. The molecule has 0 aromatic heterocycles. The van der Waals surface area contributed by atoms with Crippen LogP contribution in [0.5, 0.6) is 5.75 Å². The Labute approximate surface area is 131 Å². The quantitative estimate of drug-likeness (QED) is 0.760. The Hall–Kier alpha value is -2.04. The van der Waals surface area contributed by atoms with Gasteiger partial charge in [0.05, 0.1) is 6.04 Å². The van der Waals surface area contributed by atoms with Gasteiger partial charge in [0, 0.05) is 11.7 Å². The molecule has 1 aliphatic heterocycles. The molecule has 2 aromatic carbocycles. The van der Waals surface area contributed by atoms with E-state index in [-0.39, 0.29) is 12.1 Å². The molecule has 0 spiro atoms. The summed E-state index contributed by atoms with van der Waals surface area (Å²) in [6, 6.07) is 14.9. The summed E-state index contributed by atoms with van der Waals surface area (Å²) in [6.07, 6.45) is 0.981. The topological polar surface area (TPSA) is 59.3 Å². The van der Waals surface area contributed by atoms with Crippen molar-refractivity contribution < 1.29 is 4.74 Å². The fourth-order valence-electron chi connectivity index (χ4n) is 2.88. The van der Waals surface area contributed by atoms with E-state index in [9.17, 15) is 0 Å². The summed E-state index contributed by atoms with van der Waals surface area (Å²) in [4.78, 5) is 0. The monoisotopic (exact) mass is 297 g/mol. The van der Waals surface area contributed by atoms with E-state index in [4.69, 9.17) is 10.5 Å². The molecule has 2 atom stereocenters. The van der Waals surface area contributed by atoms with Gasteiger partial charge in [0.15, 0.2) is 0 Å². The second-order valence-electron chi connectivity index (χ2n) is 6.02. The molecule has 4 N–H and O–H groups in total. The Kier molecular flexibility index (Phi) is 4.32. The van der Waals surface area contributed by atoms with Crippen molar-refractivity contribution in [2.75, 3.05) is 12.3 Å². The third-order valence-corrected chi connectivity index (χ3v) is 4.07. The molecule has 3 rings (SSSR count). The number of ether oxygens (including phenoxy) is 1. The molecule has 1 heterocycles. The van der Waals surface area contributed by atoms with Crippen LogP contribution in [0.15, 0.2) is 42.5 Å². The largest absolute Gasteiger partial charge is 0.492 e. The van der Waals surface area contributed by atoms with Crippen LogP contribution in [0.25, 0.3) is 0 Å². The molecule has 4 nitrogen and oxygen atoms in total. The molecule has 2 unspecified atom stereocenters. The number of hydrogen-bond acceptors (Lipinski definition) is 4. The first-order chi connectivity index (χ1) is 10.6. The zero-order valence-electron chi connectivity index (χ0n) is 13.1. The van der Waals surface area contributed by atoms with Crippen molar-refractivity contribution in [2.45, 2.75) is 32.4 Å². The predicted octanol–water partition coefficient (Wildman–Crippen LogP) is 2.87. The van der Waals surface area contributed by atoms with E-state index in [0.717, 1.165) is 17.9 Å². The van der Waals surface area contributed by atoms with Crippen LogP contribution >= 0.6 is 0 Å². The van der Waals surface area contributed by atoms with E-state index in [1.54, 1.807) is 0 Å². The van der Waals surface area contributed by atoms with Gasteiger partial charge in [0.2, 0.25) is 0 Å². The van der Waals surface area contributed by atoms with Crippen LogP contribution in [0.4, 0.5) is 5.69 Å². The molecule has 116 valence electrons. The summed E-state index contributed by atoms with van der Waals surface area (Å²) in [6.45, 7) is 4.82. The van der Waals surface area contributed by atoms with Gasteiger partial charge in [0.1, 0.15) is 12.4 Å². The normalized spacial score (nSPS) is 21.0. The SMILES string of the molecule is Cc1ccc(OCC2CC(c3cccc(N)c3)NN2)c(C)c1. The Morgan fingerprint density at radius 2 is 2.00 bits per heavy atom. The molecule has 0 saturated carbocycles. The van der Waals surface area contributed by atoms with Crippen LogP contribution < -0.4 is 21.3 Å². The first-order valence-electron chi connectivity index (χ1n) is 7.68. The van der Waals surface area contributed by atoms with E-state index >= 15 is 0 Å². The predicted molar refractivity (Wildman–Crippen MR) is 89.7 cm³/mol. The minimum atomic E-state index is 0.274. The van der Waals surface area contributed by atoms with E-state index in [1.807, 2.05) is 24.3 Å². The second-order valence-corrected chi connectivity index (χ2v) is 6.02. The molecule has 1 aliphatic rings.